The Balaban J connectivity index is 1.08. The number of hydrogen-bond donors (Lipinski definition) is 0. The molecule has 0 saturated carbocycles. The Morgan fingerprint density at radius 2 is 1.48 bits per heavy atom. The van der Waals surface area contributed by atoms with Crippen molar-refractivity contribution in [3.63, 3.8) is 0 Å². The molecule has 0 aliphatic carbocycles. The maximum absolute atomic E-state index is 14.5. The van der Waals surface area contributed by atoms with E-state index in [1.807, 2.05) is 56.3 Å². The van der Waals surface area contributed by atoms with Crippen LogP contribution in [0.3, 0.4) is 0 Å². The van der Waals surface area contributed by atoms with Crippen LogP contribution in [-0.2, 0) is 40.9 Å². The van der Waals surface area contributed by atoms with Gasteiger partial charge < -0.3 is 33.5 Å². The van der Waals surface area contributed by atoms with Crippen LogP contribution >= 0.6 is 0 Å². The molecule has 0 N–H and O–H groups in total. The van der Waals surface area contributed by atoms with Gasteiger partial charge in [-0.15, -0.1) is 0 Å². The third-order valence-electron chi connectivity index (χ3n) is 12.8. The Labute approximate surface area is 395 Å². The Morgan fingerprint density at radius 1 is 0.776 bits per heavy atom. The fourth-order valence-corrected chi connectivity index (χ4v) is 11.6. The lowest BCUT2D eigenvalue weighted by molar-refractivity contribution is -0.0792. The van der Waals surface area contributed by atoms with Crippen LogP contribution in [-0.4, -0.2) is 124 Å². The van der Waals surface area contributed by atoms with E-state index in [-0.39, 0.29) is 54.6 Å². The zero-order chi connectivity index (χ0) is 47.1. The zero-order valence-corrected chi connectivity index (χ0v) is 40.3. The van der Waals surface area contributed by atoms with Gasteiger partial charge in [-0.05, 0) is 98.1 Å². The predicted octanol–water partition coefficient (Wildman–Crippen LogP) is 7.41. The van der Waals surface area contributed by atoms with Crippen LogP contribution in [0.4, 0.5) is 15.8 Å². The van der Waals surface area contributed by atoms with Crippen LogP contribution in [0.5, 0.6) is 11.5 Å². The van der Waals surface area contributed by atoms with Crippen LogP contribution in [0, 0.1) is 19.7 Å². The second-order valence-electron chi connectivity index (χ2n) is 17.6. The normalized spacial score (nSPS) is 20.2. The fourth-order valence-electron chi connectivity index (χ4n) is 9.02. The fraction of sp³-hybridized carbons (Fsp3) is 0.412. The molecule has 0 radical (unpaired) electrons. The number of sulfonamides is 2. The first-order chi connectivity index (χ1) is 32.3. The molecule has 5 aromatic rings. The highest BCUT2D eigenvalue weighted by molar-refractivity contribution is 7.89. The van der Waals surface area contributed by atoms with E-state index in [9.17, 15) is 21.2 Å². The summed E-state index contributed by atoms with van der Waals surface area (Å²) in [7, 11) is -4.65. The second-order valence-corrected chi connectivity index (χ2v) is 21.5. The van der Waals surface area contributed by atoms with E-state index in [1.165, 1.54) is 27.8 Å². The molecule has 4 unspecified atom stereocenters. The van der Waals surface area contributed by atoms with Crippen LogP contribution < -0.4 is 19.3 Å². The van der Waals surface area contributed by atoms with Gasteiger partial charge in [0, 0.05) is 71.5 Å². The standard InChI is InChI=1S/C51H61FN4O9S2/c1-37-9-18-45(19-10-37)66(57,58)53(3)26-29-63-49-34-56(67(59,60)46-20-11-38(2)12-21-46)35-50(64-36-39-13-22-48-47(31-39)54(27-30-62-48)24-6-28-61-4)51(49)40-14-16-43(17-15-40)65-44-23-25-55(33-44)42-8-5-7-41(52)32-42/h5,7-22,31-32,44,49-51H,6,23-30,33-36H2,1-4H3. The van der Waals surface area contributed by atoms with E-state index < -0.39 is 38.2 Å². The summed E-state index contributed by atoms with van der Waals surface area (Å²) in [5.74, 6) is 0.706. The summed E-state index contributed by atoms with van der Waals surface area (Å²) in [5.41, 5.74) is 5.41. The quantitative estimate of drug-likeness (QED) is 0.0769. The molecule has 13 nitrogen and oxygen atoms in total. The van der Waals surface area contributed by atoms with Crippen molar-refractivity contribution in [2.75, 3.05) is 89.6 Å². The van der Waals surface area contributed by atoms with Gasteiger partial charge in [0.1, 0.15) is 30.0 Å². The van der Waals surface area contributed by atoms with Crippen molar-refractivity contribution in [2.24, 2.45) is 0 Å². The highest BCUT2D eigenvalue weighted by Crippen LogP contribution is 2.38. The third kappa shape index (κ3) is 11.6. The number of hydrogen-bond acceptors (Lipinski definition) is 11. The first kappa shape index (κ1) is 48.4. The first-order valence-corrected chi connectivity index (χ1v) is 25.8. The molecule has 8 rings (SSSR count). The SMILES string of the molecule is COCCCN1CCOc2ccc(COC3CN(S(=O)(=O)c4ccc(C)cc4)CC(OCCN(C)S(=O)(=O)c4ccc(C)cc4)C3c3ccc(OC4CCN(c5cccc(F)c5)C4)cc3)cc21. The van der Waals surface area contributed by atoms with E-state index >= 15 is 0 Å². The van der Waals surface area contributed by atoms with Gasteiger partial charge in [-0.3, -0.25) is 0 Å². The highest BCUT2D eigenvalue weighted by Gasteiger charge is 2.44. The van der Waals surface area contributed by atoms with Crippen LogP contribution in [0.15, 0.2) is 125 Å². The number of nitrogens with zero attached hydrogens (tertiary/aromatic N) is 4. The Hall–Kier alpha value is -5.07. The summed E-state index contributed by atoms with van der Waals surface area (Å²) in [4.78, 5) is 4.73. The van der Waals surface area contributed by atoms with Crippen LogP contribution in [0.1, 0.15) is 41.0 Å². The maximum Gasteiger partial charge on any atom is 0.243 e. The smallest absolute Gasteiger partial charge is 0.243 e. The van der Waals surface area contributed by atoms with Crippen molar-refractivity contribution < 1.29 is 44.9 Å². The second kappa shape index (κ2) is 21.5. The average molecular weight is 957 g/mol. The molecule has 3 heterocycles. The Kier molecular flexibility index (Phi) is 15.5. The van der Waals surface area contributed by atoms with Gasteiger partial charge in [-0.2, -0.15) is 8.61 Å². The molecular formula is C51H61FN4O9S2. The number of anilines is 2. The Bertz CT molecular complexity index is 2660. The number of methoxy groups -OCH3 is 1. The number of aryl methyl sites for hydroxylation is 2. The molecule has 2 saturated heterocycles. The van der Waals surface area contributed by atoms with Crippen LogP contribution in [0.2, 0.25) is 0 Å². The molecule has 2 fully saturated rings. The largest absolute Gasteiger partial charge is 0.490 e. The van der Waals surface area contributed by atoms with Crippen molar-refractivity contribution >= 4 is 31.4 Å². The van der Waals surface area contributed by atoms with Crippen molar-refractivity contribution in [3.05, 3.63) is 143 Å². The summed E-state index contributed by atoms with van der Waals surface area (Å²) < 4.78 is 104. The highest BCUT2D eigenvalue weighted by atomic mass is 32.2. The number of piperidine rings is 1. The molecule has 0 bridgehead atoms. The third-order valence-corrected chi connectivity index (χ3v) is 16.5. The van der Waals surface area contributed by atoms with Gasteiger partial charge in [0.05, 0.1) is 54.0 Å². The topological polar surface area (TPSA) is 127 Å². The molecule has 358 valence electrons. The van der Waals surface area contributed by atoms with Crippen molar-refractivity contribution in [3.8, 4) is 11.5 Å². The van der Waals surface area contributed by atoms with Crippen molar-refractivity contribution in [1.82, 2.24) is 8.61 Å². The molecule has 67 heavy (non-hydrogen) atoms. The number of likely N-dealkylation sites (N-methyl/N-ethyl adjacent to an activating group) is 1. The lowest BCUT2D eigenvalue weighted by atomic mass is 9.85. The van der Waals surface area contributed by atoms with E-state index in [2.05, 4.69) is 15.9 Å². The number of ether oxygens (including phenoxy) is 5. The molecule has 0 aromatic heterocycles. The minimum Gasteiger partial charge on any atom is -0.490 e. The Morgan fingerprint density at radius 3 is 2.18 bits per heavy atom. The number of rotatable bonds is 19. The van der Waals surface area contributed by atoms with E-state index in [4.69, 9.17) is 23.7 Å². The number of halogens is 1. The molecule has 3 aliphatic rings. The van der Waals surface area contributed by atoms with Gasteiger partial charge in [0.2, 0.25) is 20.0 Å². The first-order valence-electron chi connectivity index (χ1n) is 22.9. The monoisotopic (exact) mass is 956 g/mol. The van der Waals surface area contributed by atoms with Gasteiger partial charge in [-0.25, -0.2) is 21.2 Å². The summed E-state index contributed by atoms with van der Waals surface area (Å²) in [6.07, 6.45) is 0.0796. The minimum absolute atomic E-state index is 0.00196. The minimum atomic E-state index is -4.03. The van der Waals surface area contributed by atoms with Crippen molar-refractivity contribution in [2.45, 2.75) is 67.3 Å². The predicted molar refractivity (Wildman–Crippen MR) is 257 cm³/mol. The van der Waals surface area contributed by atoms with E-state index in [0.29, 0.717) is 25.5 Å². The van der Waals surface area contributed by atoms with Gasteiger partial charge in [0.15, 0.2) is 0 Å². The molecular weight excluding hydrogens is 896 g/mol. The molecule has 16 heteroatoms. The zero-order valence-electron chi connectivity index (χ0n) is 38.6. The van der Waals surface area contributed by atoms with E-state index in [1.54, 1.807) is 61.7 Å². The summed E-state index contributed by atoms with van der Waals surface area (Å²) in [5, 5.41) is 0. The molecule has 5 aromatic carbocycles. The van der Waals surface area contributed by atoms with Crippen LogP contribution in [0.25, 0.3) is 0 Å². The molecule has 3 aliphatic heterocycles. The lowest BCUT2D eigenvalue weighted by Crippen LogP contribution is -2.54. The molecule has 0 spiro atoms. The summed E-state index contributed by atoms with van der Waals surface area (Å²) in [6, 6.07) is 33.8. The van der Waals surface area contributed by atoms with Gasteiger partial charge in [0.25, 0.3) is 0 Å². The van der Waals surface area contributed by atoms with Crippen molar-refractivity contribution in [1.29, 1.82) is 0 Å². The maximum atomic E-state index is 14.5. The number of benzene rings is 5. The number of fused-ring (bicyclic) bond motifs is 1. The summed E-state index contributed by atoms with van der Waals surface area (Å²) in [6.45, 7) is 8.14. The molecule has 0 amide bonds. The van der Waals surface area contributed by atoms with E-state index in [0.717, 1.165) is 71.9 Å². The van der Waals surface area contributed by atoms with Gasteiger partial charge >= 0.3 is 0 Å². The summed E-state index contributed by atoms with van der Waals surface area (Å²) >= 11 is 0. The van der Waals surface area contributed by atoms with Gasteiger partial charge in [-0.1, -0.05) is 59.7 Å². The lowest BCUT2D eigenvalue weighted by Gasteiger charge is -2.43. The average Bonchev–Trinajstić information content (AvgIpc) is 3.80. The molecule has 4 atom stereocenters.